The number of carbonyl (C=O) groups excluding carboxylic acids is 2. The van der Waals surface area contributed by atoms with Crippen LogP contribution in [-0.2, 0) is 19.4 Å². The van der Waals surface area contributed by atoms with E-state index in [2.05, 4.69) is 10.6 Å². The Morgan fingerprint density at radius 3 is 2.38 bits per heavy atom. The Kier molecular flexibility index (Phi) is 7.58. The van der Waals surface area contributed by atoms with Gasteiger partial charge in [0.1, 0.15) is 22.6 Å². The second-order valence-corrected chi connectivity index (χ2v) is 8.71. The van der Waals surface area contributed by atoms with Gasteiger partial charge in [0.15, 0.2) is 9.84 Å². The van der Waals surface area contributed by atoms with Gasteiger partial charge in [0.25, 0.3) is 0 Å². The lowest BCUT2D eigenvalue weighted by molar-refractivity contribution is -0.115. The van der Waals surface area contributed by atoms with Crippen molar-refractivity contribution in [3.05, 3.63) is 53.3 Å². The zero-order chi connectivity index (χ0) is 21.6. The molecule has 2 aromatic carbocycles. The van der Waals surface area contributed by atoms with Gasteiger partial charge in [-0.05, 0) is 48.9 Å². The van der Waals surface area contributed by atoms with Crippen LogP contribution in [0.15, 0.2) is 42.5 Å². The zero-order valence-corrected chi connectivity index (χ0v) is 17.3. The van der Waals surface area contributed by atoms with E-state index >= 15 is 0 Å². The number of rotatable bonds is 8. The first-order valence-corrected chi connectivity index (χ1v) is 10.7. The molecule has 29 heavy (non-hydrogen) atoms. The second kappa shape index (κ2) is 9.71. The molecule has 2 aromatic rings. The average molecular weight is 443 g/mol. The number of methoxy groups -OCH3 is 1. The Balaban J connectivity index is 2.12. The molecule has 156 valence electrons. The Bertz CT molecular complexity index is 996. The van der Waals surface area contributed by atoms with Crippen molar-refractivity contribution in [1.82, 2.24) is 0 Å². The van der Waals surface area contributed by atoms with Crippen LogP contribution in [0.2, 0.25) is 5.02 Å². The minimum atomic E-state index is -4.12. The van der Waals surface area contributed by atoms with Gasteiger partial charge in [-0.15, -0.1) is 0 Å². The smallest absolute Gasteiger partial charge is 0.242 e. The molecular formula is C19H20ClFN2O5S. The number of amides is 2. The predicted octanol–water partition coefficient (Wildman–Crippen LogP) is 3.26. The molecule has 2 amide bonds. The van der Waals surface area contributed by atoms with Gasteiger partial charge in [0.2, 0.25) is 11.8 Å². The standard InChI is InChI=1S/C19H20ClFN2O5S/c1-3-17(19(25)23-15-10-12(20)4-9-16(15)28-2)29(26,27)11-18(24)22-14-7-5-13(21)6-8-14/h4-10,17H,3,11H2,1-2H3,(H,22,24)(H,23,25). The van der Waals surface area contributed by atoms with Crippen LogP contribution in [0.4, 0.5) is 15.8 Å². The first kappa shape index (κ1) is 22.6. The molecule has 0 fully saturated rings. The zero-order valence-electron chi connectivity index (χ0n) is 15.7. The molecular weight excluding hydrogens is 423 g/mol. The highest BCUT2D eigenvalue weighted by Gasteiger charge is 2.33. The monoisotopic (exact) mass is 442 g/mol. The lowest BCUT2D eigenvalue weighted by Crippen LogP contribution is -2.39. The predicted molar refractivity (Wildman–Crippen MR) is 110 cm³/mol. The van der Waals surface area contributed by atoms with Crippen molar-refractivity contribution in [2.24, 2.45) is 0 Å². The van der Waals surface area contributed by atoms with Gasteiger partial charge < -0.3 is 15.4 Å². The largest absolute Gasteiger partial charge is 0.495 e. The fourth-order valence-electron chi connectivity index (χ4n) is 2.61. The number of anilines is 2. The molecule has 1 unspecified atom stereocenters. The summed E-state index contributed by atoms with van der Waals surface area (Å²) in [4.78, 5) is 24.7. The van der Waals surface area contributed by atoms with E-state index in [1.54, 1.807) is 6.07 Å². The lowest BCUT2D eigenvalue weighted by Gasteiger charge is -2.17. The maximum atomic E-state index is 12.9. The van der Waals surface area contributed by atoms with Crippen LogP contribution in [0, 0.1) is 5.82 Å². The van der Waals surface area contributed by atoms with E-state index in [0.29, 0.717) is 10.8 Å². The summed E-state index contributed by atoms with van der Waals surface area (Å²) in [6.07, 6.45) is -0.0408. The number of halogens is 2. The normalized spacial score (nSPS) is 12.1. The molecule has 7 nitrogen and oxygen atoms in total. The van der Waals surface area contributed by atoms with E-state index in [9.17, 15) is 22.4 Å². The lowest BCUT2D eigenvalue weighted by atomic mass is 10.2. The molecule has 0 saturated heterocycles. The molecule has 0 aliphatic heterocycles. The van der Waals surface area contributed by atoms with E-state index in [4.69, 9.17) is 16.3 Å². The van der Waals surface area contributed by atoms with Crippen molar-refractivity contribution in [2.75, 3.05) is 23.5 Å². The number of ether oxygens (including phenoxy) is 1. The minimum Gasteiger partial charge on any atom is -0.495 e. The third kappa shape index (κ3) is 6.16. The summed E-state index contributed by atoms with van der Waals surface area (Å²) in [6.45, 7) is 1.52. The van der Waals surface area contributed by atoms with Crippen molar-refractivity contribution in [3.63, 3.8) is 0 Å². The summed E-state index contributed by atoms with van der Waals surface area (Å²) in [5.74, 6) is -2.71. The number of carbonyl (C=O) groups is 2. The molecule has 0 aromatic heterocycles. The third-order valence-corrected chi connectivity index (χ3v) is 6.29. The Morgan fingerprint density at radius 1 is 1.14 bits per heavy atom. The minimum absolute atomic E-state index is 0.0408. The van der Waals surface area contributed by atoms with Gasteiger partial charge in [-0.2, -0.15) is 0 Å². The summed E-state index contributed by atoms with van der Waals surface area (Å²) in [7, 11) is -2.73. The first-order chi connectivity index (χ1) is 13.7. The van der Waals surface area contributed by atoms with Crippen LogP contribution in [0.3, 0.4) is 0 Å². The van der Waals surface area contributed by atoms with Gasteiger partial charge in [-0.3, -0.25) is 9.59 Å². The summed E-state index contributed by atoms with van der Waals surface area (Å²) >= 11 is 5.91. The van der Waals surface area contributed by atoms with E-state index in [1.165, 1.54) is 38.3 Å². The van der Waals surface area contributed by atoms with Crippen molar-refractivity contribution >= 4 is 44.6 Å². The highest BCUT2D eigenvalue weighted by atomic mass is 35.5. The second-order valence-electron chi connectivity index (χ2n) is 6.09. The highest BCUT2D eigenvalue weighted by molar-refractivity contribution is 7.93. The molecule has 0 aliphatic carbocycles. The molecule has 1 atom stereocenters. The molecule has 10 heteroatoms. The topological polar surface area (TPSA) is 102 Å². The molecule has 0 spiro atoms. The van der Waals surface area contributed by atoms with E-state index in [0.717, 1.165) is 12.1 Å². The van der Waals surface area contributed by atoms with E-state index in [1.807, 2.05) is 0 Å². The van der Waals surface area contributed by atoms with Crippen LogP contribution in [0.25, 0.3) is 0 Å². The van der Waals surface area contributed by atoms with E-state index in [-0.39, 0.29) is 17.8 Å². The van der Waals surface area contributed by atoms with Gasteiger partial charge in [-0.25, -0.2) is 12.8 Å². The molecule has 0 saturated carbocycles. The Labute approximate surface area is 173 Å². The van der Waals surface area contributed by atoms with Crippen molar-refractivity contribution in [2.45, 2.75) is 18.6 Å². The van der Waals surface area contributed by atoms with Crippen molar-refractivity contribution < 1.29 is 27.1 Å². The van der Waals surface area contributed by atoms with Crippen LogP contribution in [-0.4, -0.2) is 38.3 Å². The van der Waals surface area contributed by atoms with Crippen molar-refractivity contribution in [3.8, 4) is 5.75 Å². The van der Waals surface area contributed by atoms with Gasteiger partial charge in [0, 0.05) is 10.7 Å². The van der Waals surface area contributed by atoms with Gasteiger partial charge in [0.05, 0.1) is 12.8 Å². The summed E-state index contributed by atoms with van der Waals surface area (Å²) in [5.41, 5.74) is 0.460. The molecule has 2 rings (SSSR count). The third-order valence-electron chi connectivity index (χ3n) is 3.98. The molecule has 0 bridgehead atoms. The number of nitrogens with one attached hydrogen (secondary N) is 2. The molecule has 0 radical (unpaired) electrons. The number of hydrogen-bond acceptors (Lipinski definition) is 5. The van der Waals surface area contributed by atoms with Crippen LogP contribution < -0.4 is 15.4 Å². The molecule has 2 N–H and O–H groups in total. The van der Waals surface area contributed by atoms with Crippen molar-refractivity contribution in [1.29, 1.82) is 0 Å². The summed E-state index contributed by atoms with van der Waals surface area (Å²) < 4.78 is 43.3. The number of hydrogen-bond donors (Lipinski definition) is 2. The van der Waals surface area contributed by atoms with Crippen LogP contribution >= 0.6 is 11.6 Å². The number of sulfone groups is 1. The van der Waals surface area contributed by atoms with Crippen LogP contribution in [0.5, 0.6) is 5.75 Å². The average Bonchev–Trinajstić information content (AvgIpc) is 2.63. The van der Waals surface area contributed by atoms with Gasteiger partial charge in [-0.1, -0.05) is 18.5 Å². The fourth-order valence-corrected chi connectivity index (χ4v) is 4.31. The quantitative estimate of drug-likeness (QED) is 0.653. The maximum Gasteiger partial charge on any atom is 0.242 e. The summed E-state index contributed by atoms with van der Waals surface area (Å²) in [5, 5.41) is 3.73. The Hall–Kier alpha value is -2.65. The van der Waals surface area contributed by atoms with Crippen LogP contribution in [0.1, 0.15) is 13.3 Å². The molecule has 0 heterocycles. The Morgan fingerprint density at radius 2 is 1.79 bits per heavy atom. The molecule has 0 aliphatic rings. The summed E-state index contributed by atoms with van der Waals surface area (Å²) in [6, 6.07) is 9.38. The fraction of sp³-hybridized carbons (Fsp3) is 0.263. The van der Waals surface area contributed by atoms with Gasteiger partial charge >= 0.3 is 0 Å². The number of benzene rings is 2. The first-order valence-electron chi connectivity index (χ1n) is 8.57. The SMILES string of the molecule is CCC(C(=O)Nc1cc(Cl)ccc1OC)S(=O)(=O)CC(=O)Nc1ccc(F)cc1. The maximum absolute atomic E-state index is 12.9. The highest BCUT2D eigenvalue weighted by Crippen LogP contribution is 2.28. The van der Waals surface area contributed by atoms with E-state index < -0.39 is 38.5 Å².